The maximum atomic E-state index is 14.1. The molecule has 33 heavy (non-hydrogen) atoms. The smallest absolute Gasteiger partial charge is 0.292 e. The molecule has 1 aliphatic rings. The zero-order chi connectivity index (χ0) is 23.3. The number of amides is 1. The number of hydrogen-bond acceptors (Lipinski definition) is 4. The Bertz CT molecular complexity index is 1540. The maximum Gasteiger partial charge on any atom is 0.292 e. The summed E-state index contributed by atoms with van der Waals surface area (Å²) in [5.74, 6) is -3.82. The van der Waals surface area contributed by atoms with Crippen LogP contribution in [0.1, 0.15) is 35.0 Å². The van der Waals surface area contributed by atoms with Gasteiger partial charge >= 0.3 is 0 Å². The van der Waals surface area contributed by atoms with E-state index in [2.05, 4.69) is 5.32 Å². The standard InChI is InChI=1S/C24H14F3N3O3/c25-14-1-6-20-17(8-14)21(13-7-12(10-28)24(32)30(11-13)16-3-4-16)22(33-20)23(31)29-15-2-5-18(26)19(27)9-15/h1-2,5-9,11,16H,3-4H2,(H,29,31). The van der Waals surface area contributed by atoms with Crippen LogP contribution in [-0.4, -0.2) is 10.5 Å². The van der Waals surface area contributed by atoms with Crippen molar-refractivity contribution in [3.05, 3.63) is 87.8 Å². The zero-order valence-corrected chi connectivity index (χ0v) is 16.9. The van der Waals surface area contributed by atoms with Crippen LogP contribution in [0.15, 0.2) is 57.9 Å². The summed E-state index contributed by atoms with van der Waals surface area (Å²) >= 11 is 0. The van der Waals surface area contributed by atoms with Crippen LogP contribution < -0.4 is 10.9 Å². The van der Waals surface area contributed by atoms with E-state index in [1.54, 1.807) is 0 Å². The summed E-state index contributed by atoms with van der Waals surface area (Å²) in [6.45, 7) is 0. The predicted octanol–water partition coefficient (Wildman–Crippen LogP) is 5.14. The van der Waals surface area contributed by atoms with Crippen molar-refractivity contribution in [3.63, 3.8) is 0 Å². The van der Waals surface area contributed by atoms with E-state index in [9.17, 15) is 28.0 Å². The molecule has 1 N–H and O–H groups in total. The number of carbonyl (C=O) groups excluding carboxylic acids is 1. The predicted molar refractivity (Wildman–Crippen MR) is 113 cm³/mol. The molecule has 5 rings (SSSR count). The number of aromatic nitrogens is 1. The molecule has 2 aromatic heterocycles. The van der Waals surface area contributed by atoms with Gasteiger partial charge in [-0.25, -0.2) is 13.2 Å². The molecule has 1 saturated carbocycles. The van der Waals surface area contributed by atoms with E-state index >= 15 is 0 Å². The van der Waals surface area contributed by atoms with Gasteiger partial charge in [0.15, 0.2) is 11.6 Å². The van der Waals surface area contributed by atoms with Gasteiger partial charge in [-0.3, -0.25) is 9.59 Å². The lowest BCUT2D eigenvalue weighted by Gasteiger charge is -2.10. The summed E-state index contributed by atoms with van der Waals surface area (Å²) in [6.07, 6.45) is 3.07. The van der Waals surface area contributed by atoms with Gasteiger partial charge in [0.25, 0.3) is 11.5 Å². The van der Waals surface area contributed by atoms with Gasteiger partial charge in [-0.15, -0.1) is 0 Å². The maximum absolute atomic E-state index is 14.1. The molecular formula is C24H14F3N3O3. The molecule has 6 nitrogen and oxygen atoms in total. The molecule has 0 bridgehead atoms. The summed E-state index contributed by atoms with van der Waals surface area (Å²) in [6, 6.07) is 9.69. The molecule has 0 atom stereocenters. The van der Waals surface area contributed by atoms with Gasteiger partial charge in [-0.2, -0.15) is 5.26 Å². The molecule has 1 fully saturated rings. The van der Waals surface area contributed by atoms with Gasteiger partial charge in [0.05, 0.1) is 0 Å². The number of furan rings is 1. The van der Waals surface area contributed by atoms with Gasteiger partial charge in [0.1, 0.15) is 23.0 Å². The third kappa shape index (κ3) is 3.65. The monoisotopic (exact) mass is 449 g/mol. The lowest BCUT2D eigenvalue weighted by molar-refractivity contribution is 0.0999. The normalized spacial score (nSPS) is 13.2. The minimum Gasteiger partial charge on any atom is -0.450 e. The first kappa shape index (κ1) is 20.6. The molecule has 164 valence electrons. The molecule has 2 heterocycles. The molecule has 0 saturated heterocycles. The van der Waals surface area contributed by atoms with Gasteiger partial charge in [0, 0.05) is 40.5 Å². The lowest BCUT2D eigenvalue weighted by Crippen LogP contribution is -2.21. The number of pyridine rings is 1. The van der Waals surface area contributed by atoms with Crippen LogP contribution in [-0.2, 0) is 0 Å². The Morgan fingerprint density at radius 1 is 1.09 bits per heavy atom. The number of rotatable bonds is 4. The van der Waals surface area contributed by atoms with Gasteiger partial charge in [-0.1, -0.05) is 0 Å². The first-order valence-corrected chi connectivity index (χ1v) is 10.0. The Labute approximate surface area is 184 Å². The highest BCUT2D eigenvalue weighted by molar-refractivity contribution is 6.12. The van der Waals surface area contributed by atoms with Crippen molar-refractivity contribution in [1.29, 1.82) is 5.26 Å². The quantitative estimate of drug-likeness (QED) is 0.468. The third-order valence-electron chi connectivity index (χ3n) is 5.43. The summed E-state index contributed by atoms with van der Waals surface area (Å²) in [4.78, 5) is 25.6. The first-order chi connectivity index (χ1) is 15.9. The van der Waals surface area contributed by atoms with E-state index in [1.807, 2.05) is 6.07 Å². The van der Waals surface area contributed by atoms with Gasteiger partial charge in [0.2, 0.25) is 5.76 Å². The summed E-state index contributed by atoms with van der Waals surface area (Å²) < 4.78 is 48.0. The highest BCUT2D eigenvalue weighted by Crippen LogP contribution is 2.38. The minimum atomic E-state index is -1.14. The highest BCUT2D eigenvalue weighted by Gasteiger charge is 2.28. The highest BCUT2D eigenvalue weighted by atomic mass is 19.2. The molecule has 1 aliphatic carbocycles. The van der Waals surface area contributed by atoms with Crippen LogP contribution >= 0.6 is 0 Å². The van der Waals surface area contributed by atoms with E-state index in [0.29, 0.717) is 5.56 Å². The minimum absolute atomic E-state index is 0.0165. The molecule has 0 spiro atoms. The summed E-state index contributed by atoms with van der Waals surface area (Å²) in [5, 5.41) is 12.1. The fourth-order valence-corrected chi connectivity index (χ4v) is 3.72. The van der Waals surface area contributed by atoms with Crippen molar-refractivity contribution in [1.82, 2.24) is 4.57 Å². The molecule has 1 amide bonds. The molecule has 0 radical (unpaired) electrons. The Morgan fingerprint density at radius 2 is 1.88 bits per heavy atom. The van der Waals surface area contributed by atoms with Crippen molar-refractivity contribution in [2.45, 2.75) is 18.9 Å². The van der Waals surface area contributed by atoms with Crippen molar-refractivity contribution in [3.8, 4) is 17.2 Å². The fraction of sp³-hybridized carbons (Fsp3) is 0.125. The number of hydrogen-bond donors (Lipinski definition) is 1. The Balaban J connectivity index is 1.69. The van der Waals surface area contributed by atoms with Crippen LogP contribution in [0, 0.1) is 28.8 Å². The average Bonchev–Trinajstić information content (AvgIpc) is 3.56. The zero-order valence-electron chi connectivity index (χ0n) is 16.9. The van der Waals surface area contributed by atoms with E-state index < -0.39 is 28.9 Å². The largest absolute Gasteiger partial charge is 0.450 e. The SMILES string of the molecule is N#Cc1cc(-c2c(C(=O)Nc3ccc(F)c(F)c3)oc3ccc(F)cc23)cn(C2CC2)c1=O. The first-order valence-electron chi connectivity index (χ1n) is 10.0. The number of carbonyl (C=O) groups is 1. The van der Waals surface area contributed by atoms with Crippen molar-refractivity contribution in [2.75, 3.05) is 5.32 Å². The number of nitrogens with one attached hydrogen (secondary N) is 1. The Hall–Kier alpha value is -4.32. The van der Waals surface area contributed by atoms with Crippen LogP contribution in [0.3, 0.4) is 0 Å². The van der Waals surface area contributed by atoms with E-state index in [4.69, 9.17) is 4.42 Å². The number of anilines is 1. The number of halogens is 3. The van der Waals surface area contributed by atoms with Crippen molar-refractivity contribution >= 4 is 22.6 Å². The molecule has 9 heteroatoms. The third-order valence-corrected chi connectivity index (χ3v) is 5.43. The number of benzene rings is 2. The molecule has 0 aliphatic heterocycles. The average molecular weight is 449 g/mol. The summed E-state index contributed by atoms with van der Waals surface area (Å²) in [5.41, 5.74) is 0.0997. The van der Waals surface area contributed by atoms with Crippen LogP contribution in [0.5, 0.6) is 0 Å². The second kappa shape index (κ2) is 7.67. The summed E-state index contributed by atoms with van der Waals surface area (Å²) in [7, 11) is 0. The van der Waals surface area contributed by atoms with Crippen LogP contribution in [0.2, 0.25) is 0 Å². The second-order valence-corrected chi connectivity index (χ2v) is 7.73. The van der Waals surface area contributed by atoms with Crippen LogP contribution in [0.25, 0.3) is 22.1 Å². The van der Waals surface area contributed by atoms with E-state index in [1.165, 1.54) is 41.1 Å². The molecule has 4 aromatic rings. The van der Waals surface area contributed by atoms with Gasteiger partial charge in [-0.05, 0) is 49.2 Å². The van der Waals surface area contributed by atoms with Crippen LogP contribution in [0.4, 0.5) is 18.9 Å². The lowest BCUT2D eigenvalue weighted by atomic mass is 10.0. The molecular weight excluding hydrogens is 435 g/mol. The fourth-order valence-electron chi connectivity index (χ4n) is 3.72. The molecule has 0 unspecified atom stereocenters. The second-order valence-electron chi connectivity index (χ2n) is 7.73. The Kier molecular flexibility index (Phi) is 4.78. The van der Waals surface area contributed by atoms with Crippen molar-refractivity contribution in [2.24, 2.45) is 0 Å². The number of nitrogens with zero attached hydrogens (tertiary/aromatic N) is 2. The molecule has 2 aromatic carbocycles. The Morgan fingerprint density at radius 3 is 2.58 bits per heavy atom. The van der Waals surface area contributed by atoms with E-state index in [-0.39, 0.29) is 39.6 Å². The number of nitriles is 1. The topological polar surface area (TPSA) is 88.0 Å². The van der Waals surface area contributed by atoms with E-state index in [0.717, 1.165) is 25.0 Å². The number of fused-ring (bicyclic) bond motifs is 1. The van der Waals surface area contributed by atoms with Gasteiger partial charge < -0.3 is 14.3 Å². The van der Waals surface area contributed by atoms with Crippen molar-refractivity contribution < 1.29 is 22.4 Å².